The van der Waals surface area contributed by atoms with Crippen molar-refractivity contribution in [1.29, 1.82) is 0 Å². The molecule has 0 aliphatic heterocycles. The first-order chi connectivity index (χ1) is 10.5. The summed E-state index contributed by atoms with van der Waals surface area (Å²) in [6.45, 7) is 3.23. The van der Waals surface area contributed by atoms with Crippen molar-refractivity contribution < 1.29 is 9.59 Å². The zero-order valence-electron chi connectivity index (χ0n) is 12.2. The molecule has 4 nitrogen and oxygen atoms in total. The average Bonchev–Trinajstić information content (AvgIpc) is 2.49. The number of amides is 1. The maximum Gasteiger partial charge on any atom is 0.237 e. The number of benzene rings is 1. The Kier molecular flexibility index (Phi) is 5.57. The highest BCUT2D eigenvalue weighted by molar-refractivity contribution is 8.00. The molecular formula is C16H15ClN2O2S. The lowest BCUT2D eigenvalue weighted by Gasteiger charge is -2.13. The monoisotopic (exact) mass is 334 g/mol. The van der Waals surface area contributed by atoms with Crippen molar-refractivity contribution in [2.45, 2.75) is 24.1 Å². The van der Waals surface area contributed by atoms with E-state index >= 15 is 0 Å². The van der Waals surface area contributed by atoms with E-state index in [0.29, 0.717) is 21.3 Å². The summed E-state index contributed by atoms with van der Waals surface area (Å²) in [5, 5.41) is 3.50. The van der Waals surface area contributed by atoms with Crippen LogP contribution < -0.4 is 5.32 Å². The molecule has 1 heterocycles. The van der Waals surface area contributed by atoms with E-state index < -0.39 is 5.25 Å². The second-order valence-electron chi connectivity index (χ2n) is 4.64. The quantitative estimate of drug-likeness (QED) is 0.661. The van der Waals surface area contributed by atoms with Gasteiger partial charge in [-0.3, -0.25) is 9.59 Å². The molecule has 114 valence electrons. The Bertz CT molecular complexity index is 706. The van der Waals surface area contributed by atoms with Crippen LogP contribution in [0.4, 0.5) is 5.69 Å². The average molecular weight is 335 g/mol. The van der Waals surface area contributed by atoms with Gasteiger partial charge in [-0.15, -0.1) is 0 Å². The molecule has 0 fully saturated rings. The third-order valence-corrected chi connectivity index (χ3v) is 4.48. The van der Waals surface area contributed by atoms with Crippen LogP contribution in [0.15, 0.2) is 47.6 Å². The van der Waals surface area contributed by atoms with Crippen LogP contribution in [0.3, 0.4) is 0 Å². The first-order valence-electron chi connectivity index (χ1n) is 6.67. The molecule has 2 rings (SSSR count). The predicted molar refractivity (Wildman–Crippen MR) is 89.6 cm³/mol. The summed E-state index contributed by atoms with van der Waals surface area (Å²) in [5.74, 6) is -0.301. The highest BCUT2D eigenvalue weighted by atomic mass is 35.5. The van der Waals surface area contributed by atoms with Gasteiger partial charge in [0.15, 0.2) is 5.78 Å². The summed E-state index contributed by atoms with van der Waals surface area (Å²) >= 11 is 7.31. The molecule has 1 atom stereocenters. The SMILES string of the molecule is CC(=O)c1ccccc1NC(=O)[C@H](C)Sc1ncccc1Cl. The lowest BCUT2D eigenvalue weighted by Crippen LogP contribution is -2.23. The second-order valence-corrected chi connectivity index (χ2v) is 6.38. The van der Waals surface area contributed by atoms with E-state index in [1.54, 1.807) is 49.5 Å². The van der Waals surface area contributed by atoms with Gasteiger partial charge >= 0.3 is 0 Å². The number of aromatic nitrogens is 1. The predicted octanol–water partition coefficient (Wildman–Crippen LogP) is 4.06. The molecule has 0 radical (unpaired) electrons. The molecule has 6 heteroatoms. The van der Waals surface area contributed by atoms with Gasteiger partial charge in [-0.1, -0.05) is 35.5 Å². The fourth-order valence-corrected chi connectivity index (χ4v) is 2.87. The topological polar surface area (TPSA) is 59.1 Å². The minimum absolute atomic E-state index is 0.0935. The van der Waals surface area contributed by atoms with Crippen molar-refractivity contribution in [2.24, 2.45) is 0 Å². The number of nitrogens with zero attached hydrogens (tertiary/aromatic N) is 1. The number of para-hydroxylation sites is 1. The summed E-state index contributed by atoms with van der Waals surface area (Å²) in [7, 11) is 0. The zero-order valence-corrected chi connectivity index (χ0v) is 13.7. The number of ketones is 1. The molecule has 0 saturated carbocycles. The van der Waals surface area contributed by atoms with Crippen LogP contribution in [0.1, 0.15) is 24.2 Å². The normalized spacial score (nSPS) is 11.8. The van der Waals surface area contributed by atoms with Crippen LogP contribution in [-0.2, 0) is 4.79 Å². The highest BCUT2D eigenvalue weighted by Crippen LogP contribution is 2.28. The number of Topliss-reactive ketones (excluding diaryl/α,β-unsaturated/α-hetero) is 1. The van der Waals surface area contributed by atoms with Gasteiger partial charge in [-0.2, -0.15) is 0 Å². The number of pyridine rings is 1. The van der Waals surface area contributed by atoms with E-state index in [4.69, 9.17) is 11.6 Å². The lowest BCUT2D eigenvalue weighted by atomic mass is 10.1. The molecule has 0 saturated heterocycles. The molecule has 1 N–H and O–H groups in total. The third kappa shape index (κ3) is 4.08. The van der Waals surface area contributed by atoms with Crippen LogP contribution >= 0.6 is 23.4 Å². The number of nitrogens with one attached hydrogen (secondary N) is 1. The molecule has 22 heavy (non-hydrogen) atoms. The molecule has 1 aromatic heterocycles. The Morgan fingerprint density at radius 2 is 1.95 bits per heavy atom. The number of carbonyl (C=O) groups is 2. The van der Waals surface area contributed by atoms with Crippen LogP contribution in [0.5, 0.6) is 0 Å². The van der Waals surface area contributed by atoms with Crippen LogP contribution in [0.25, 0.3) is 0 Å². The number of carbonyl (C=O) groups excluding carboxylic acids is 2. The van der Waals surface area contributed by atoms with E-state index in [9.17, 15) is 9.59 Å². The number of thioether (sulfide) groups is 1. The molecule has 0 aliphatic carbocycles. The number of rotatable bonds is 5. The molecule has 0 bridgehead atoms. The van der Waals surface area contributed by atoms with Gasteiger partial charge < -0.3 is 5.32 Å². The van der Waals surface area contributed by atoms with Crippen molar-refractivity contribution in [3.05, 3.63) is 53.2 Å². The Balaban J connectivity index is 2.09. The van der Waals surface area contributed by atoms with Gasteiger partial charge in [0.1, 0.15) is 5.03 Å². The fourth-order valence-electron chi connectivity index (χ4n) is 1.81. The van der Waals surface area contributed by atoms with Crippen molar-refractivity contribution >= 4 is 40.7 Å². The summed E-state index contributed by atoms with van der Waals surface area (Å²) in [4.78, 5) is 28.0. The number of anilines is 1. The van der Waals surface area contributed by atoms with E-state index in [2.05, 4.69) is 10.3 Å². The fraction of sp³-hybridized carbons (Fsp3) is 0.188. The van der Waals surface area contributed by atoms with Crippen LogP contribution in [0, 0.1) is 0 Å². The maximum absolute atomic E-state index is 12.3. The Labute approximate surface area is 138 Å². The Hall–Kier alpha value is -1.85. The molecule has 0 aliphatic rings. The highest BCUT2D eigenvalue weighted by Gasteiger charge is 2.18. The third-order valence-electron chi connectivity index (χ3n) is 2.95. The maximum atomic E-state index is 12.3. The summed E-state index contributed by atoms with van der Waals surface area (Å²) in [5.41, 5.74) is 1.00. The molecule has 2 aromatic rings. The van der Waals surface area contributed by atoms with Gasteiger partial charge in [-0.05, 0) is 38.1 Å². The van der Waals surface area contributed by atoms with Gasteiger partial charge in [0.25, 0.3) is 0 Å². The smallest absolute Gasteiger partial charge is 0.237 e. The molecular weight excluding hydrogens is 320 g/mol. The summed E-state index contributed by atoms with van der Waals surface area (Å²) in [6.07, 6.45) is 1.63. The van der Waals surface area contributed by atoms with Gasteiger partial charge in [-0.25, -0.2) is 4.98 Å². The van der Waals surface area contributed by atoms with E-state index in [0.717, 1.165) is 0 Å². The molecule has 0 unspecified atom stereocenters. The van der Waals surface area contributed by atoms with Gasteiger partial charge in [0.2, 0.25) is 5.91 Å². The largest absolute Gasteiger partial charge is 0.324 e. The molecule has 1 amide bonds. The molecule has 0 spiro atoms. The second kappa shape index (κ2) is 7.42. The van der Waals surface area contributed by atoms with Crippen molar-refractivity contribution in [3.8, 4) is 0 Å². The number of hydrogen-bond acceptors (Lipinski definition) is 4. The number of hydrogen-bond donors (Lipinski definition) is 1. The van der Waals surface area contributed by atoms with Crippen molar-refractivity contribution in [1.82, 2.24) is 4.98 Å². The minimum atomic E-state index is -0.396. The Morgan fingerprint density at radius 1 is 1.23 bits per heavy atom. The van der Waals surface area contributed by atoms with Gasteiger partial charge in [0.05, 0.1) is 16.0 Å². The molecule has 1 aromatic carbocycles. The zero-order chi connectivity index (χ0) is 16.1. The lowest BCUT2D eigenvalue weighted by molar-refractivity contribution is -0.115. The van der Waals surface area contributed by atoms with Gasteiger partial charge in [0, 0.05) is 11.8 Å². The minimum Gasteiger partial charge on any atom is -0.324 e. The standard InChI is InChI=1S/C16H15ClN2O2S/c1-10(20)12-6-3-4-8-14(12)19-15(21)11(2)22-16-13(17)7-5-9-18-16/h3-9,11H,1-2H3,(H,19,21)/t11-/m0/s1. The summed E-state index contributed by atoms with van der Waals surface area (Å²) < 4.78 is 0. The number of halogens is 1. The van der Waals surface area contributed by atoms with E-state index in [-0.39, 0.29) is 11.7 Å². The first kappa shape index (κ1) is 16.5. The van der Waals surface area contributed by atoms with Crippen LogP contribution in [0.2, 0.25) is 5.02 Å². The van der Waals surface area contributed by atoms with Crippen molar-refractivity contribution in [2.75, 3.05) is 5.32 Å². The Morgan fingerprint density at radius 3 is 2.64 bits per heavy atom. The van der Waals surface area contributed by atoms with E-state index in [1.165, 1.54) is 18.7 Å². The first-order valence-corrected chi connectivity index (χ1v) is 7.93. The van der Waals surface area contributed by atoms with Crippen LogP contribution in [-0.4, -0.2) is 21.9 Å². The van der Waals surface area contributed by atoms with Crippen molar-refractivity contribution in [3.63, 3.8) is 0 Å². The van der Waals surface area contributed by atoms with E-state index in [1.807, 2.05) is 0 Å². The summed E-state index contributed by atoms with van der Waals surface area (Å²) in [6, 6.07) is 10.4.